The van der Waals surface area contributed by atoms with Gasteiger partial charge in [0.15, 0.2) is 5.78 Å². The Kier molecular flexibility index (Phi) is 9.62. The number of benzene rings is 1. The molecule has 1 fully saturated rings. The van der Waals surface area contributed by atoms with Crippen LogP contribution in [0.1, 0.15) is 42.6 Å². The van der Waals surface area contributed by atoms with Crippen LogP contribution in [0.25, 0.3) is 0 Å². The van der Waals surface area contributed by atoms with E-state index in [1.54, 1.807) is 13.0 Å². The molecule has 1 aliphatic heterocycles. The number of piperidine rings is 1. The largest absolute Gasteiger partial charge is 0.494 e. The van der Waals surface area contributed by atoms with E-state index < -0.39 is 0 Å². The summed E-state index contributed by atoms with van der Waals surface area (Å²) in [5.41, 5.74) is 7.14. The highest BCUT2D eigenvalue weighted by Crippen LogP contribution is 2.25. The second-order valence-electron chi connectivity index (χ2n) is 6.47. The fourth-order valence-electron chi connectivity index (χ4n) is 3.21. The molecule has 1 atom stereocenters. The number of halogens is 1. The van der Waals surface area contributed by atoms with E-state index in [-0.39, 0.29) is 30.0 Å². The third-order valence-corrected chi connectivity index (χ3v) is 4.48. The van der Waals surface area contributed by atoms with Crippen LogP contribution >= 0.6 is 12.4 Å². The molecule has 0 saturated carbocycles. The van der Waals surface area contributed by atoms with Gasteiger partial charge in [0.25, 0.3) is 0 Å². The summed E-state index contributed by atoms with van der Waals surface area (Å²) in [7, 11) is 0. The van der Waals surface area contributed by atoms with Gasteiger partial charge in [0, 0.05) is 37.3 Å². The number of nitrogens with one attached hydrogen (secondary N) is 1. The molecule has 1 saturated heterocycles. The van der Waals surface area contributed by atoms with Crippen molar-refractivity contribution in [3.05, 3.63) is 29.3 Å². The first kappa shape index (κ1) is 22.4. The van der Waals surface area contributed by atoms with Crippen LogP contribution in [0, 0.1) is 5.92 Å². The molecule has 1 aromatic carbocycles. The Morgan fingerprint density at radius 1 is 1.38 bits per heavy atom. The lowest BCUT2D eigenvalue weighted by atomic mass is 9.96. The van der Waals surface area contributed by atoms with Crippen molar-refractivity contribution >= 4 is 24.1 Å². The Morgan fingerprint density at radius 3 is 2.81 bits per heavy atom. The number of hydrogen-bond acceptors (Lipinski definition) is 5. The number of Topliss-reactive ketones (excluding diaryl/α,β-unsaturated/α-hetero) is 1. The third kappa shape index (κ3) is 6.27. The van der Waals surface area contributed by atoms with E-state index in [1.165, 1.54) is 0 Å². The zero-order valence-electron chi connectivity index (χ0n) is 15.6. The van der Waals surface area contributed by atoms with Gasteiger partial charge in [-0.2, -0.15) is 0 Å². The normalized spacial score (nSPS) is 17.3. The predicted molar refractivity (Wildman–Crippen MR) is 105 cm³/mol. The first-order valence-electron chi connectivity index (χ1n) is 9.02. The molecule has 1 aromatic rings. The lowest BCUT2D eigenvalue weighted by molar-refractivity contribution is -0.126. The Morgan fingerprint density at radius 2 is 2.15 bits per heavy atom. The molecular weight excluding hydrogens is 354 g/mol. The fraction of sp³-hybridized carbons (Fsp3) is 0.579. The number of ketones is 1. The van der Waals surface area contributed by atoms with E-state index in [1.807, 2.05) is 19.1 Å². The molecule has 6 nitrogen and oxygen atoms in total. The summed E-state index contributed by atoms with van der Waals surface area (Å²) in [6, 6.07) is 5.58. The van der Waals surface area contributed by atoms with Crippen molar-refractivity contribution in [3.63, 3.8) is 0 Å². The molecule has 3 N–H and O–H groups in total. The molecule has 1 amide bonds. The fourth-order valence-corrected chi connectivity index (χ4v) is 3.21. The summed E-state index contributed by atoms with van der Waals surface area (Å²) in [5, 5.41) is 2.88. The molecule has 1 aliphatic rings. The average molecular weight is 384 g/mol. The molecule has 0 bridgehead atoms. The van der Waals surface area contributed by atoms with Crippen molar-refractivity contribution in [1.29, 1.82) is 0 Å². The number of nitrogens with two attached hydrogens (primary N) is 1. The van der Waals surface area contributed by atoms with E-state index in [2.05, 4.69) is 10.2 Å². The number of rotatable bonds is 8. The summed E-state index contributed by atoms with van der Waals surface area (Å²) in [6.45, 7) is 7.40. The molecular formula is C19H30ClN3O3. The monoisotopic (exact) mass is 383 g/mol. The second kappa shape index (κ2) is 11.2. The Balaban J connectivity index is 0.00000338. The maximum absolute atomic E-state index is 12.2. The zero-order valence-corrected chi connectivity index (χ0v) is 16.4. The van der Waals surface area contributed by atoms with Gasteiger partial charge in [-0.15, -0.1) is 12.4 Å². The van der Waals surface area contributed by atoms with E-state index in [4.69, 9.17) is 10.5 Å². The van der Waals surface area contributed by atoms with E-state index in [9.17, 15) is 9.59 Å². The van der Waals surface area contributed by atoms with Gasteiger partial charge in [0.1, 0.15) is 5.75 Å². The summed E-state index contributed by atoms with van der Waals surface area (Å²) >= 11 is 0. The third-order valence-electron chi connectivity index (χ3n) is 4.48. The van der Waals surface area contributed by atoms with Crippen molar-refractivity contribution in [2.45, 2.75) is 33.2 Å². The number of ether oxygens (including phenoxy) is 1. The number of amides is 1. The van der Waals surface area contributed by atoms with Crippen molar-refractivity contribution in [2.24, 2.45) is 11.7 Å². The highest BCUT2D eigenvalue weighted by Gasteiger charge is 2.26. The Bertz CT molecular complexity index is 610. The molecule has 0 aliphatic carbocycles. The standard InChI is InChI=1S/C19H29N3O3.ClH/c1-3-25-18-7-6-15(14(2)23)11-17(18)13-22-10-4-5-16(12-22)19(24)21-9-8-20;/h6-7,11,16H,3-5,8-10,12-13,20H2,1-2H3,(H,21,24);1H. The molecule has 1 unspecified atom stereocenters. The van der Waals surface area contributed by atoms with Crippen LogP contribution in [0.15, 0.2) is 18.2 Å². The number of likely N-dealkylation sites (tertiary alicyclic amines) is 1. The second-order valence-corrected chi connectivity index (χ2v) is 6.47. The molecule has 0 aromatic heterocycles. The minimum absolute atomic E-state index is 0. The highest BCUT2D eigenvalue weighted by atomic mass is 35.5. The van der Waals surface area contributed by atoms with Gasteiger partial charge in [-0.25, -0.2) is 0 Å². The van der Waals surface area contributed by atoms with Gasteiger partial charge in [-0.1, -0.05) is 0 Å². The molecule has 1 heterocycles. The van der Waals surface area contributed by atoms with Gasteiger partial charge in [0.2, 0.25) is 5.91 Å². The van der Waals surface area contributed by atoms with Gasteiger partial charge < -0.3 is 15.8 Å². The predicted octanol–water partition coefficient (Wildman–Crippen LogP) is 2.00. The first-order valence-corrected chi connectivity index (χ1v) is 9.02. The number of nitrogens with zero attached hydrogens (tertiary/aromatic N) is 1. The lowest BCUT2D eigenvalue weighted by Gasteiger charge is -2.32. The zero-order chi connectivity index (χ0) is 18.2. The summed E-state index contributed by atoms with van der Waals surface area (Å²) in [4.78, 5) is 26.2. The molecule has 7 heteroatoms. The van der Waals surface area contributed by atoms with Crippen LogP contribution in [0.4, 0.5) is 0 Å². The maximum atomic E-state index is 12.2. The molecule has 146 valence electrons. The van der Waals surface area contributed by atoms with Crippen molar-refractivity contribution in [2.75, 3.05) is 32.8 Å². The van der Waals surface area contributed by atoms with E-state index in [0.29, 0.717) is 38.3 Å². The molecule has 26 heavy (non-hydrogen) atoms. The summed E-state index contributed by atoms with van der Waals surface area (Å²) < 4.78 is 5.71. The van der Waals surface area contributed by atoms with Crippen LogP contribution in [0.5, 0.6) is 5.75 Å². The van der Waals surface area contributed by atoms with Crippen molar-refractivity contribution < 1.29 is 14.3 Å². The topological polar surface area (TPSA) is 84.7 Å². The van der Waals surface area contributed by atoms with Crippen LogP contribution in [0.3, 0.4) is 0 Å². The number of carbonyl (C=O) groups excluding carboxylic acids is 2. The van der Waals surface area contributed by atoms with E-state index in [0.717, 1.165) is 30.7 Å². The van der Waals surface area contributed by atoms with Crippen molar-refractivity contribution in [1.82, 2.24) is 10.2 Å². The first-order chi connectivity index (χ1) is 12.0. The Hall–Kier alpha value is -1.63. The summed E-state index contributed by atoms with van der Waals surface area (Å²) in [5.74, 6) is 0.925. The highest BCUT2D eigenvalue weighted by molar-refractivity contribution is 5.94. The molecule has 2 rings (SSSR count). The van der Waals surface area contributed by atoms with Crippen molar-refractivity contribution in [3.8, 4) is 5.75 Å². The molecule has 0 spiro atoms. The minimum Gasteiger partial charge on any atom is -0.494 e. The van der Waals surface area contributed by atoms with Gasteiger partial charge in [0.05, 0.1) is 12.5 Å². The van der Waals surface area contributed by atoms with Crippen LogP contribution in [0.2, 0.25) is 0 Å². The van der Waals surface area contributed by atoms with Gasteiger partial charge >= 0.3 is 0 Å². The maximum Gasteiger partial charge on any atom is 0.224 e. The van der Waals surface area contributed by atoms with Crippen LogP contribution in [-0.4, -0.2) is 49.4 Å². The lowest BCUT2D eigenvalue weighted by Crippen LogP contribution is -2.43. The molecule has 0 radical (unpaired) electrons. The Labute approximate surface area is 161 Å². The SMILES string of the molecule is CCOc1ccc(C(C)=O)cc1CN1CCCC(C(=O)NCCN)C1.Cl. The van der Waals surface area contributed by atoms with Crippen LogP contribution < -0.4 is 15.8 Å². The average Bonchev–Trinajstić information content (AvgIpc) is 2.61. The van der Waals surface area contributed by atoms with Gasteiger partial charge in [-0.05, 0) is 51.4 Å². The van der Waals surface area contributed by atoms with E-state index >= 15 is 0 Å². The smallest absolute Gasteiger partial charge is 0.224 e. The summed E-state index contributed by atoms with van der Waals surface area (Å²) in [6.07, 6.45) is 1.88. The number of carbonyl (C=O) groups is 2. The minimum atomic E-state index is -0.00756. The number of hydrogen-bond donors (Lipinski definition) is 2. The van der Waals surface area contributed by atoms with Gasteiger partial charge in [-0.3, -0.25) is 14.5 Å². The van der Waals surface area contributed by atoms with Crippen LogP contribution in [-0.2, 0) is 11.3 Å². The quantitative estimate of drug-likeness (QED) is 0.670.